The lowest BCUT2D eigenvalue weighted by Crippen LogP contribution is -2.45. The van der Waals surface area contributed by atoms with Crippen molar-refractivity contribution >= 4 is 33.2 Å². The van der Waals surface area contributed by atoms with E-state index in [0.29, 0.717) is 50.9 Å². The van der Waals surface area contributed by atoms with E-state index < -0.39 is 10.0 Å². The summed E-state index contributed by atoms with van der Waals surface area (Å²) in [6.45, 7) is 0.972. The Balaban J connectivity index is 1.41. The Morgan fingerprint density at radius 2 is 1.88 bits per heavy atom. The molecule has 0 spiro atoms. The number of nitrogens with one attached hydrogen (secondary N) is 2. The summed E-state index contributed by atoms with van der Waals surface area (Å²) in [6, 6.07) is 12.8. The van der Waals surface area contributed by atoms with Crippen LogP contribution in [0.2, 0.25) is 0 Å². The zero-order valence-electron chi connectivity index (χ0n) is 19.7. The zero-order valence-corrected chi connectivity index (χ0v) is 20.5. The molecule has 4 rings (SSSR count). The van der Waals surface area contributed by atoms with Crippen LogP contribution in [0.4, 0.5) is 11.4 Å². The standard InChI is InChI=1S/C25H32N4O4S/c1-28(2)21-10-8-18(9-11-21)16-26-25(31)20-6-4-14-29(17-20)34(32,33)22-12-13-23-19(15-22)5-3-7-24(30)27-23/h8-13,15,20H,3-7,14,16-17H2,1-2H3,(H,26,31)(H,27,30)/t20-/m0/s1. The van der Waals surface area contributed by atoms with Crippen LogP contribution in [0.5, 0.6) is 0 Å². The first-order valence-corrected chi connectivity index (χ1v) is 13.1. The number of piperidine rings is 1. The molecule has 2 aromatic rings. The van der Waals surface area contributed by atoms with Crippen molar-refractivity contribution in [2.24, 2.45) is 5.92 Å². The number of anilines is 2. The van der Waals surface area contributed by atoms with E-state index in [1.54, 1.807) is 18.2 Å². The molecule has 0 saturated carbocycles. The molecule has 182 valence electrons. The molecule has 1 fully saturated rings. The van der Waals surface area contributed by atoms with Crippen LogP contribution in [-0.4, -0.2) is 51.7 Å². The molecule has 2 aromatic carbocycles. The lowest BCUT2D eigenvalue weighted by Gasteiger charge is -2.31. The second-order valence-electron chi connectivity index (χ2n) is 9.20. The molecule has 0 radical (unpaired) electrons. The zero-order chi connectivity index (χ0) is 24.3. The number of aryl methyl sites for hydroxylation is 1. The first-order chi connectivity index (χ1) is 16.2. The molecule has 1 saturated heterocycles. The minimum atomic E-state index is -3.73. The normalized spacial score (nSPS) is 19.0. The molecular formula is C25H32N4O4S. The van der Waals surface area contributed by atoms with Crippen molar-refractivity contribution in [1.82, 2.24) is 9.62 Å². The first kappa shape index (κ1) is 24.2. The van der Waals surface area contributed by atoms with Crippen LogP contribution in [0.3, 0.4) is 0 Å². The Morgan fingerprint density at radius 3 is 2.62 bits per heavy atom. The van der Waals surface area contributed by atoms with Crippen LogP contribution in [0.15, 0.2) is 47.4 Å². The maximum absolute atomic E-state index is 13.4. The van der Waals surface area contributed by atoms with Gasteiger partial charge in [-0.25, -0.2) is 8.42 Å². The van der Waals surface area contributed by atoms with Gasteiger partial charge in [0, 0.05) is 51.5 Å². The second kappa shape index (κ2) is 10.1. The highest BCUT2D eigenvalue weighted by Crippen LogP contribution is 2.29. The molecule has 0 unspecified atom stereocenters. The summed E-state index contributed by atoms with van der Waals surface area (Å²) in [5, 5.41) is 5.80. The highest BCUT2D eigenvalue weighted by Gasteiger charge is 2.33. The minimum Gasteiger partial charge on any atom is -0.378 e. The lowest BCUT2D eigenvalue weighted by molar-refractivity contribution is -0.126. The third kappa shape index (κ3) is 5.42. The van der Waals surface area contributed by atoms with E-state index in [2.05, 4.69) is 10.6 Å². The number of carbonyl (C=O) groups excluding carboxylic acids is 2. The number of sulfonamides is 1. The minimum absolute atomic E-state index is 0.0483. The van der Waals surface area contributed by atoms with Gasteiger partial charge in [-0.2, -0.15) is 4.31 Å². The van der Waals surface area contributed by atoms with Crippen LogP contribution in [0.1, 0.15) is 36.8 Å². The van der Waals surface area contributed by atoms with Gasteiger partial charge in [0.1, 0.15) is 0 Å². The number of hydrogen-bond acceptors (Lipinski definition) is 5. The van der Waals surface area contributed by atoms with Gasteiger partial charge in [0.15, 0.2) is 0 Å². The molecule has 9 heteroatoms. The average Bonchev–Trinajstić information content (AvgIpc) is 3.02. The third-order valence-electron chi connectivity index (χ3n) is 6.51. The van der Waals surface area contributed by atoms with Gasteiger partial charge in [0.05, 0.1) is 10.8 Å². The average molecular weight is 485 g/mol. The topological polar surface area (TPSA) is 98.8 Å². The molecule has 8 nitrogen and oxygen atoms in total. The SMILES string of the molecule is CN(C)c1ccc(CNC(=O)[C@H]2CCCN(S(=O)(=O)c3ccc4c(c3)CCCC(=O)N4)C2)cc1. The van der Waals surface area contributed by atoms with E-state index in [1.165, 1.54) is 4.31 Å². The molecule has 0 aliphatic carbocycles. The number of amides is 2. The summed E-state index contributed by atoms with van der Waals surface area (Å²) in [4.78, 5) is 26.8. The van der Waals surface area contributed by atoms with Crippen LogP contribution in [0.25, 0.3) is 0 Å². The van der Waals surface area contributed by atoms with E-state index in [0.717, 1.165) is 16.8 Å². The molecule has 2 amide bonds. The fraction of sp³-hybridized carbons (Fsp3) is 0.440. The maximum Gasteiger partial charge on any atom is 0.243 e. The fourth-order valence-electron chi connectivity index (χ4n) is 4.48. The molecule has 1 atom stereocenters. The highest BCUT2D eigenvalue weighted by molar-refractivity contribution is 7.89. The molecule has 2 N–H and O–H groups in total. The van der Waals surface area contributed by atoms with Gasteiger partial charge in [-0.05, 0) is 67.1 Å². The monoisotopic (exact) mass is 484 g/mol. The molecule has 2 aliphatic rings. The van der Waals surface area contributed by atoms with Crippen molar-refractivity contribution in [3.05, 3.63) is 53.6 Å². The summed E-state index contributed by atoms with van der Waals surface area (Å²) in [6.07, 6.45) is 3.06. The largest absolute Gasteiger partial charge is 0.378 e. The predicted octanol–water partition coefficient (Wildman–Crippen LogP) is 2.74. The smallest absolute Gasteiger partial charge is 0.243 e. The van der Waals surface area contributed by atoms with Gasteiger partial charge in [0.2, 0.25) is 21.8 Å². The number of nitrogens with zero attached hydrogens (tertiary/aromatic N) is 2. The Morgan fingerprint density at radius 1 is 1.12 bits per heavy atom. The van der Waals surface area contributed by atoms with E-state index in [-0.39, 0.29) is 29.2 Å². The first-order valence-electron chi connectivity index (χ1n) is 11.7. The number of benzene rings is 2. The molecular weight excluding hydrogens is 452 g/mol. The maximum atomic E-state index is 13.4. The quantitative estimate of drug-likeness (QED) is 0.657. The predicted molar refractivity (Wildman–Crippen MR) is 132 cm³/mol. The molecule has 34 heavy (non-hydrogen) atoms. The van der Waals surface area contributed by atoms with Crippen molar-refractivity contribution in [2.45, 2.75) is 43.5 Å². The molecule has 2 aliphatic heterocycles. The Labute approximate surface area is 201 Å². The lowest BCUT2D eigenvalue weighted by atomic mass is 9.99. The second-order valence-corrected chi connectivity index (χ2v) is 11.1. The summed E-state index contributed by atoms with van der Waals surface area (Å²) in [7, 11) is 0.219. The van der Waals surface area contributed by atoms with Gasteiger partial charge in [0.25, 0.3) is 0 Å². The summed E-state index contributed by atoms with van der Waals surface area (Å²) >= 11 is 0. The van der Waals surface area contributed by atoms with Crippen LogP contribution in [0, 0.1) is 5.92 Å². The van der Waals surface area contributed by atoms with Crippen molar-refractivity contribution in [2.75, 3.05) is 37.4 Å². The molecule has 0 bridgehead atoms. The van der Waals surface area contributed by atoms with E-state index in [4.69, 9.17) is 0 Å². The fourth-order valence-corrected chi connectivity index (χ4v) is 6.06. The van der Waals surface area contributed by atoms with Crippen LogP contribution >= 0.6 is 0 Å². The molecule has 2 heterocycles. The van der Waals surface area contributed by atoms with Gasteiger partial charge < -0.3 is 15.5 Å². The summed E-state index contributed by atoms with van der Waals surface area (Å²) in [5.41, 5.74) is 3.59. The van der Waals surface area contributed by atoms with Crippen molar-refractivity contribution in [1.29, 1.82) is 0 Å². The van der Waals surface area contributed by atoms with Crippen LogP contribution in [-0.2, 0) is 32.6 Å². The molecule has 0 aromatic heterocycles. The third-order valence-corrected chi connectivity index (χ3v) is 8.37. The Hall–Kier alpha value is -2.91. The number of fused-ring (bicyclic) bond motifs is 1. The van der Waals surface area contributed by atoms with Crippen LogP contribution < -0.4 is 15.5 Å². The van der Waals surface area contributed by atoms with E-state index in [9.17, 15) is 18.0 Å². The number of carbonyl (C=O) groups is 2. The van der Waals surface area contributed by atoms with E-state index >= 15 is 0 Å². The number of rotatable bonds is 6. The van der Waals surface area contributed by atoms with Gasteiger partial charge >= 0.3 is 0 Å². The van der Waals surface area contributed by atoms with Gasteiger partial charge in [-0.1, -0.05) is 12.1 Å². The van der Waals surface area contributed by atoms with Crippen molar-refractivity contribution in [3.8, 4) is 0 Å². The Kier molecular flexibility index (Phi) is 7.23. The van der Waals surface area contributed by atoms with Crippen molar-refractivity contribution in [3.63, 3.8) is 0 Å². The van der Waals surface area contributed by atoms with Gasteiger partial charge in [-0.3, -0.25) is 9.59 Å². The van der Waals surface area contributed by atoms with Crippen molar-refractivity contribution < 1.29 is 18.0 Å². The highest BCUT2D eigenvalue weighted by atomic mass is 32.2. The van der Waals surface area contributed by atoms with Gasteiger partial charge in [-0.15, -0.1) is 0 Å². The number of hydrogen-bond donors (Lipinski definition) is 2. The summed E-state index contributed by atoms with van der Waals surface area (Å²) in [5.74, 6) is -0.557. The van der Waals surface area contributed by atoms with E-state index in [1.807, 2.05) is 43.3 Å². The Bertz CT molecular complexity index is 1160. The summed E-state index contributed by atoms with van der Waals surface area (Å²) < 4.78 is 28.1.